The molecular formula is C14H20BrF2NS. The molecule has 0 aliphatic carbocycles. The SMILES string of the molecule is CCC(C)SCC(Cc1c(F)ccc(Br)c1F)NC. The monoisotopic (exact) mass is 351 g/mol. The first kappa shape index (κ1) is 16.9. The predicted molar refractivity (Wildman–Crippen MR) is 82.8 cm³/mol. The van der Waals surface area contributed by atoms with Gasteiger partial charge in [-0.05, 0) is 48.0 Å². The first-order valence-corrected chi connectivity index (χ1v) is 8.25. The van der Waals surface area contributed by atoms with Gasteiger partial charge in [0.25, 0.3) is 0 Å². The van der Waals surface area contributed by atoms with Gasteiger partial charge in [0.1, 0.15) is 11.6 Å². The fourth-order valence-corrected chi connectivity index (χ4v) is 3.10. The average molecular weight is 352 g/mol. The van der Waals surface area contributed by atoms with E-state index in [2.05, 4.69) is 35.1 Å². The van der Waals surface area contributed by atoms with Gasteiger partial charge in [-0.15, -0.1) is 0 Å². The van der Waals surface area contributed by atoms with E-state index in [4.69, 9.17) is 0 Å². The molecule has 2 unspecified atom stereocenters. The molecule has 0 amide bonds. The molecular weight excluding hydrogens is 332 g/mol. The summed E-state index contributed by atoms with van der Waals surface area (Å²) >= 11 is 4.92. The van der Waals surface area contributed by atoms with E-state index in [0.717, 1.165) is 12.2 Å². The zero-order chi connectivity index (χ0) is 14.4. The van der Waals surface area contributed by atoms with Gasteiger partial charge in [-0.25, -0.2) is 8.78 Å². The molecule has 1 N–H and O–H groups in total. The number of thioether (sulfide) groups is 1. The number of hydrogen-bond donors (Lipinski definition) is 1. The molecule has 0 heterocycles. The number of likely N-dealkylation sites (N-methyl/N-ethyl adjacent to an activating group) is 1. The van der Waals surface area contributed by atoms with Crippen molar-refractivity contribution in [3.8, 4) is 0 Å². The van der Waals surface area contributed by atoms with E-state index in [1.165, 1.54) is 12.1 Å². The van der Waals surface area contributed by atoms with Gasteiger partial charge in [-0.3, -0.25) is 0 Å². The highest BCUT2D eigenvalue weighted by atomic mass is 79.9. The van der Waals surface area contributed by atoms with Crippen molar-refractivity contribution >= 4 is 27.7 Å². The smallest absolute Gasteiger partial charge is 0.143 e. The third kappa shape index (κ3) is 5.04. The maximum atomic E-state index is 13.9. The quantitative estimate of drug-likeness (QED) is 0.731. The van der Waals surface area contributed by atoms with Crippen LogP contribution in [0.15, 0.2) is 16.6 Å². The van der Waals surface area contributed by atoms with E-state index in [9.17, 15) is 8.78 Å². The Hall–Kier alpha value is -0.130. The van der Waals surface area contributed by atoms with E-state index in [-0.39, 0.29) is 11.6 Å². The van der Waals surface area contributed by atoms with Crippen molar-refractivity contribution in [2.75, 3.05) is 12.8 Å². The molecule has 1 nitrogen and oxygen atoms in total. The summed E-state index contributed by atoms with van der Waals surface area (Å²) in [6, 6.07) is 2.77. The second kappa shape index (κ2) is 8.22. The van der Waals surface area contributed by atoms with Crippen LogP contribution in [0.3, 0.4) is 0 Å². The molecule has 19 heavy (non-hydrogen) atoms. The topological polar surface area (TPSA) is 12.0 Å². The third-order valence-corrected chi connectivity index (χ3v) is 5.26. The molecule has 108 valence electrons. The Kier molecular flexibility index (Phi) is 7.32. The molecule has 0 fully saturated rings. The number of nitrogens with one attached hydrogen (secondary N) is 1. The molecule has 0 spiro atoms. The van der Waals surface area contributed by atoms with Crippen molar-refractivity contribution in [2.45, 2.75) is 38.0 Å². The Morgan fingerprint density at radius 1 is 1.37 bits per heavy atom. The molecule has 5 heteroatoms. The normalized spacial score (nSPS) is 14.4. The van der Waals surface area contributed by atoms with Crippen LogP contribution in [0.25, 0.3) is 0 Å². The Bertz CT molecular complexity index is 415. The Balaban J connectivity index is 2.73. The first-order chi connectivity index (χ1) is 8.99. The zero-order valence-electron chi connectivity index (χ0n) is 11.5. The molecule has 0 aliphatic heterocycles. The second-order valence-electron chi connectivity index (χ2n) is 4.56. The lowest BCUT2D eigenvalue weighted by molar-refractivity contribution is 0.521. The van der Waals surface area contributed by atoms with Gasteiger partial charge >= 0.3 is 0 Å². The summed E-state index contributed by atoms with van der Waals surface area (Å²) in [5.74, 6) is -0.125. The highest BCUT2D eigenvalue weighted by molar-refractivity contribution is 9.10. The standard InChI is InChI=1S/C14H20BrF2NS/c1-4-9(2)19-8-10(18-3)7-11-13(16)6-5-12(15)14(11)17/h5-6,9-10,18H,4,7-8H2,1-3H3. The average Bonchev–Trinajstić information content (AvgIpc) is 2.42. The lowest BCUT2D eigenvalue weighted by Crippen LogP contribution is -2.31. The molecule has 0 bridgehead atoms. The molecule has 0 saturated carbocycles. The van der Waals surface area contributed by atoms with Crippen LogP contribution >= 0.6 is 27.7 Å². The van der Waals surface area contributed by atoms with Crippen LogP contribution < -0.4 is 5.32 Å². The molecule has 0 aliphatic rings. The van der Waals surface area contributed by atoms with Gasteiger partial charge in [0.05, 0.1) is 4.47 Å². The Labute approximate surface area is 126 Å². The van der Waals surface area contributed by atoms with Gasteiger partial charge in [-0.2, -0.15) is 11.8 Å². The Morgan fingerprint density at radius 3 is 2.63 bits per heavy atom. The summed E-state index contributed by atoms with van der Waals surface area (Å²) in [5.41, 5.74) is 0.151. The van der Waals surface area contributed by atoms with Crippen LogP contribution in [0, 0.1) is 11.6 Å². The minimum absolute atomic E-state index is 0.0669. The third-order valence-electron chi connectivity index (χ3n) is 3.15. The van der Waals surface area contributed by atoms with E-state index >= 15 is 0 Å². The minimum Gasteiger partial charge on any atom is -0.316 e. The molecule has 1 rings (SSSR count). The highest BCUT2D eigenvalue weighted by Crippen LogP contribution is 2.24. The van der Waals surface area contributed by atoms with E-state index < -0.39 is 11.6 Å². The van der Waals surface area contributed by atoms with Crippen molar-refractivity contribution in [1.29, 1.82) is 0 Å². The van der Waals surface area contributed by atoms with Gasteiger partial charge < -0.3 is 5.32 Å². The Morgan fingerprint density at radius 2 is 2.05 bits per heavy atom. The number of benzene rings is 1. The number of hydrogen-bond acceptors (Lipinski definition) is 2. The summed E-state index contributed by atoms with van der Waals surface area (Å²) in [4.78, 5) is 0. The lowest BCUT2D eigenvalue weighted by atomic mass is 10.1. The maximum Gasteiger partial charge on any atom is 0.143 e. The lowest BCUT2D eigenvalue weighted by Gasteiger charge is -2.19. The second-order valence-corrected chi connectivity index (χ2v) is 6.89. The molecule has 1 aromatic carbocycles. The van der Waals surface area contributed by atoms with E-state index in [0.29, 0.717) is 16.1 Å². The van der Waals surface area contributed by atoms with Crippen LogP contribution in [0.2, 0.25) is 0 Å². The van der Waals surface area contributed by atoms with Crippen molar-refractivity contribution in [2.24, 2.45) is 0 Å². The first-order valence-electron chi connectivity index (χ1n) is 6.40. The summed E-state index contributed by atoms with van der Waals surface area (Å²) in [5, 5.41) is 3.70. The number of rotatable bonds is 7. The molecule has 2 atom stereocenters. The molecule has 0 radical (unpaired) electrons. The van der Waals surface area contributed by atoms with E-state index in [1.807, 2.05) is 18.8 Å². The summed E-state index contributed by atoms with van der Waals surface area (Å²) in [6.07, 6.45) is 1.46. The largest absolute Gasteiger partial charge is 0.316 e. The summed E-state index contributed by atoms with van der Waals surface area (Å²) in [7, 11) is 1.83. The summed E-state index contributed by atoms with van der Waals surface area (Å²) in [6.45, 7) is 4.30. The van der Waals surface area contributed by atoms with Crippen LogP contribution in [-0.2, 0) is 6.42 Å². The maximum absolute atomic E-state index is 13.9. The number of halogens is 3. The van der Waals surface area contributed by atoms with Gasteiger partial charge in [0, 0.05) is 22.6 Å². The van der Waals surface area contributed by atoms with Crippen LogP contribution in [-0.4, -0.2) is 24.1 Å². The molecule has 0 aromatic heterocycles. The predicted octanol–water partition coefficient (Wildman–Crippen LogP) is 4.39. The summed E-state index contributed by atoms with van der Waals surface area (Å²) < 4.78 is 27.9. The van der Waals surface area contributed by atoms with Crippen molar-refractivity contribution in [3.63, 3.8) is 0 Å². The minimum atomic E-state index is -0.492. The molecule has 0 saturated heterocycles. The van der Waals surface area contributed by atoms with Crippen molar-refractivity contribution in [1.82, 2.24) is 5.32 Å². The van der Waals surface area contributed by atoms with Crippen LogP contribution in [0.4, 0.5) is 8.78 Å². The van der Waals surface area contributed by atoms with Crippen LogP contribution in [0.5, 0.6) is 0 Å². The fraction of sp³-hybridized carbons (Fsp3) is 0.571. The van der Waals surface area contributed by atoms with Crippen LogP contribution in [0.1, 0.15) is 25.8 Å². The van der Waals surface area contributed by atoms with Gasteiger partial charge in [0.15, 0.2) is 0 Å². The van der Waals surface area contributed by atoms with Crippen molar-refractivity contribution in [3.05, 3.63) is 33.8 Å². The van der Waals surface area contributed by atoms with Gasteiger partial charge in [-0.1, -0.05) is 13.8 Å². The zero-order valence-corrected chi connectivity index (χ0v) is 13.9. The highest BCUT2D eigenvalue weighted by Gasteiger charge is 2.17. The fourth-order valence-electron chi connectivity index (χ4n) is 1.65. The van der Waals surface area contributed by atoms with Crippen molar-refractivity contribution < 1.29 is 8.78 Å². The van der Waals surface area contributed by atoms with E-state index in [1.54, 1.807) is 0 Å². The van der Waals surface area contributed by atoms with Gasteiger partial charge in [0.2, 0.25) is 0 Å². The molecule has 1 aromatic rings.